The summed E-state index contributed by atoms with van der Waals surface area (Å²) in [6.45, 7) is 0. The van der Waals surface area contributed by atoms with Gasteiger partial charge in [0.25, 0.3) is 0 Å². The van der Waals surface area contributed by atoms with Gasteiger partial charge in [0.2, 0.25) is 0 Å². The number of rotatable bonds is 1. The second kappa shape index (κ2) is 2.95. The third-order valence-electron chi connectivity index (χ3n) is 1.84. The van der Waals surface area contributed by atoms with Crippen LogP contribution in [-0.2, 0) is 0 Å². The van der Waals surface area contributed by atoms with Gasteiger partial charge in [0.05, 0.1) is 4.70 Å². The zero-order valence-corrected chi connectivity index (χ0v) is 7.64. The molecule has 0 aliphatic rings. The normalized spacial score (nSPS) is 10.6. The molecule has 0 aliphatic carbocycles. The third-order valence-corrected chi connectivity index (χ3v) is 3.03. The Morgan fingerprint density at radius 3 is 2.71 bits per heavy atom. The molecule has 0 amide bonds. The fraction of sp³-hybridized carbons (Fsp3) is 0. The van der Waals surface area contributed by atoms with E-state index in [1.807, 2.05) is 0 Å². The highest BCUT2D eigenvalue weighted by Crippen LogP contribution is 2.37. The fourth-order valence-corrected chi connectivity index (χ4v) is 2.15. The number of hydrogen-bond donors (Lipinski definition) is 2. The van der Waals surface area contributed by atoms with Gasteiger partial charge in [-0.3, -0.25) is 0 Å². The van der Waals surface area contributed by atoms with E-state index >= 15 is 0 Å². The number of benzene rings is 1. The van der Waals surface area contributed by atoms with E-state index in [0.717, 1.165) is 11.3 Å². The molecule has 2 N–H and O–H groups in total. The molecule has 0 radical (unpaired) electrons. The van der Waals surface area contributed by atoms with E-state index in [2.05, 4.69) is 0 Å². The van der Waals surface area contributed by atoms with Gasteiger partial charge in [-0.05, 0) is 12.1 Å². The van der Waals surface area contributed by atoms with Crippen molar-refractivity contribution >= 4 is 27.4 Å². The monoisotopic (exact) mass is 212 g/mol. The molecule has 2 aromatic rings. The molecule has 2 rings (SSSR count). The van der Waals surface area contributed by atoms with Crippen LogP contribution in [0.15, 0.2) is 18.2 Å². The number of fused-ring (bicyclic) bond motifs is 1. The van der Waals surface area contributed by atoms with Crippen molar-refractivity contribution in [1.29, 1.82) is 0 Å². The van der Waals surface area contributed by atoms with Gasteiger partial charge in [0.15, 0.2) is 4.88 Å². The Morgan fingerprint density at radius 2 is 2.14 bits per heavy atom. The number of carboxylic acid groups (broad SMARTS) is 1. The van der Waals surface area contributed by atoms with Gasteiger partial charge >= 0.3 is 5.97 Å². The summed E-state index contributed by atoms with van der Waals surface area (Å²) >= 11 is 0.734. The first-order chi connectivity index (χ1) is 6.61. The summed E-state index contributed by atoms with van der Waals surface area (Å²) in [4.78, 5) is 10.4. The molecular weight excluding hydrogens is 207 g/mol. The lowest BCUT2D eigenvalue weighted by atomic mass is 10.2. The van der Waals surface area contributed by atoms with Crippen LogP contribution in [-0.4, -0.2) is 16.2 Å². The number of carboxylic acids is 1. The number of halogens is 1. The molecule has 0 atom stereocenters. The highest BCUT2D eigenvalue weighted by molar-refractivity contribution is 7.21. The van der Waals surface area contributed by atoms with Crippen LogP contribution in [0.2, 0.25) is 0 Å². The predicted molar refractivity (Wildman–Crippen MR) is 50.4 cm³/mol. The van der Waals surface area contributed by atoms with Crippen LogP contribution in [0.25, 0.3) is 10.1 Å². The van der Waals surface area contributed by atoms with E-state index < -0.39 is 11.8 Å². The maximum atomic E-state index is 13.1. The maximum absolute atomic E-state index is 13.1. The second-order valence-corrected chi connectivity index (χ2v) is 3.72. The van der Waals surface area contributed by atoms with Gasteiger partial charge in [0, 0.05) is 5.39 Å². The van der Waals surface area contributed by atoms with E-state index in [4.69, 9.17) is 5.11 Å². The molecular formula is C9H5FO3S. The molecule has 1 aromatic heterocycles. The van der Waals surface area contributed by atoms with Crippen molar-refractivity contribution in [2.45, 2.75) is 0 Å². The Hall–Kier alpha value is -1.62. The van der Waals surface area contributed by atoms with Crippen LogP contribution in [0.4, 0.5) is 4.39 Å². The minimum Gasteiger partial charge on any atom is -0.505 e. The van der Waals surface area contributed by atoms with E-state index in [1.165, 1.54) is 18.2 Å². The fourth-order valence-electron chi connectivity index (χ4n) is 1.22. The van der Waals surface area contributed by atoms with Crippen LogP contribution in [0, 0.1) is 5.82 Å². The van der Waals surface area contributed by atoms with E-state index in [9.17, 15) is 14.3 Å². The highest BCUT2D eigenvalue weighted by Gasteiger charge is 2.18. The number of aromatic hydroxyl groups is 1. The number of thiophene rings is 1. The Kier molecular flexibility index (Phi) is 1.89. The van der Waals surface area contributed by atoms with Gasteiger partial charge in [-0.25, -0.2) is 9.18 Å². The summed E-state index contributed by atoms with van der Waals surface area (Å²) in [6.07, 6.45) is 0. The van der Waals surface area contributed by atoms with Gasteiger partial charge in [-0.1, -0.05) is 6.07 Å². The quantitative estimate of drug-likeness (QED) is 0.763. The number of hydrogen-bond acceptors (Lipinski definition) is 3. The first kappa shape index (κ1) is 8.96. The largest absolute Gasteiger partial charge is 0.505 e. The SMILES string of the molecule is O=C(O)c1sc2c(F)cccc2c1O. The lowest BCUT2D eigenvalue weighted by molar-refractivity contribution is 0.0699. The van der Waals surface area contributed by atoms with Gasteiger partial charge in [-0.2, -0.15) is 0 Å². The zero-order chi connectivity index (χ0) is 10.3. The molecule has 1 heterocycles. The van der Waals surface area contributed by atoms with Crippen molar-refractivity contribution in [2.75, 3.05) is 0 Å². The van der Waals surface area contributed by atoms with Crippen molar-refractivity contribution in [2.24, 2.45) is 0 Å². The lowest BCUT2D eigenvalue weighted by Gasteiger charge is -1.90. The van der Waals surface area contributed by atoms with Crippen LogP contribution < -0.4 is 0 Å². The Balaban J connectivity index is 2.86. The summed E-state index contributed by atoms with van der Waals surface area (Å²) in [7, 11) is 0. The summed E-state index contributed by atoms with van der Waals surface area (Å²) in [6, 6.07) is 4.14. The Morgan fingerprint density at radius 1 is 1.43 bits per heavy atom. The Bertz CT molecular complexity index is 518. The van der Waals surface area contributed by atoms with Gasteiger partial charge < -0.3 is 10.2 Å². The van der Waals surface area contributed by atoms with Crippen LogP contribution in [0.1, 0.15) is 9.67 Å². The van der Waals surface area contributed by atoms with E-state index in [-0.39, 0.29) is 20.7 Å². The predicted octanol–water partition coefficient (Wildman–Crippen LogP) is 2.44. The van der Waals surface area contributed by atoms with Gasteiger partial charge in [0.1, 0.15) is 11.6 Å². The molecule has 0 saturated carbocycles. The molecule has 0 unspecified atom stereocenters. The number of carbonyl (C=O) groups is 1. The topological polar surface area (TPSA) is 57.5 Å². The van der Waals surface area contributed by atoms with Crippen LogP contribution in [0.5, 0.6) is 5.75 Å². The molecule has 5 heteroatoms. The average molecular weight is 212 g/mol. The molecule has 3 nitrogen and oxygen atoms in total. The van der Waals surface area contributed by atoms with Crippen molar-refractivity contribution < 1.29 is 19.4 Å². The van der Waals surface area contributed by atoms with Crippen molar-refractivity contribution in [3.05, 3.63) is 28.9 Å². The summed E-state index contributed by atoms with van der Waals surface area (Å²) in [5, 5.41) is 18.4. The standard InChI is InChI=1S/C9H5FO3S/c10-5-3-1-2-4-6(11)8(9(12)13)14-7(4)5/h1-3,11H,(H,12,13). The molecule has 0 spiro atoms. The molecule has 72 valence electrons. The van der Waals surface area contributed by atoms with Crippen LogP contribution >= 0.6 is 11.3 Å². The zero-order valence-electron chi connectivity index (χ0n) is 6.82. The molecule has 0 aliphatic heterocycles. The first-order valence-corrected chi connectivity index (χ1v) is 4.56. The lowest BCUT2D eigenvalue weighted by Crippen LogP contribution is -1.90. The summed E-state index contributed by atoms with van der Waals surface area (Å²) in [5.41, 5.74) is 0. The number of aromatic carboxylic acids is 1. The minimum absolute atomic E-state index is 0.169. The van der Waals surface area contributed by atoms with Crippen molar-refractivity contribution in [3.63, 3.8) is 0 Å². The second-order valence-electron chi connectivity index (χ2n) is 2.70. The summed E-state index contributed by atoms with van der Waals surface area (Å²) < 4.78 is 13.3. The maximum Gasteiger partial charge on any atom is 0.349 e. The van der Waals surface area contributed by atoms with Crippen molar-refractivity contribution in [1.82, 2.24) is 0 Å². The molecule has 14 heavy (non-hydrogen) atoms. The molecule has 0 bridgehead atoms. The third kappa shape index (κ3) is 1.13. The van der Waals surface area contributed by atoms with E-state index in [0.29, 0.717) is 0 Å². The first-order valence-electron chi connectivity index (χ1n) is 3.74. The van der Waals surface area contributed by atoms with Crippen LogP contribution in [0.3, 0.4) is 0 Å². The summed E-state index contributed by atoms with van der Waals surface area (Å²) in [5.74, 6) is -2.13. The molecule has 0 fully saturated rings. The Labute approximate surface area is 82.0 Å². The minimum atomic E-state index is -1.25. The molecule has 0 saturated heterocycles. The van der Waals surface area contributed by atoms with Crippen molar-refractivity contribution in [3.8, 4) is 5.75 Å². The molecule has 1 aromatic carbocycles. The van der Waals surface area contributed by atoms with E-state index in [1.54, 1.807) is 0 Å². The smallest absolute Gasteiger partial charge is 0.349 e. The average Bonchev–Trinajstić information content (AvgIpc) is 2.46. The van der Waals surface area contributed by atoms with Gasteiger partial charge in [-0.15, -0.1) is 11.3 Å². The highest BCUT2D eigenvalue weighted by atomic mass is 32.1.